The molecule has 2 aromatic rings. The van der Waals surface area contributed by atoms with E-state index in [4.69, 9.17) is 14.2 Å². The molecule has 2 aromatic carbocycles. The third-order valence-corrected chi connectivity index (χ3v) is 7.13. The molecule has 156 valence electrons. The van der Waals surface area contributed by atoms with Crippen molar-refractivity contribution in [2.24, 2.45) is 0 Å². The van der Waals surface area contributed by atoms with Gasteiger partial charge in [0, 0.05) is 6.07 Å². The minimum atomic E-state index is -3.53. The van der Waals surface area contributed by atoms with Crippen LogP contribution in [0.5, 0.6) is 23.0 Å². The van der Waals surface area contributed by atoms with Gasteiger partial charge in [0.05, 0.1) is 43.2 Å². The minimum absolute atomic E-state index is 0.160. The molecule has 29 heavy (non-hydrogen) atoms. The summed E-state index contributed by atoms with van der Waals surface area (Å²) in [5.41, 5.74) is 0.770. The summed E-state index contributed by atoms with van der Waals surface area (Å²) < 4.78 is 43.4. The number of ether oxygens (including phenoxy) is 3. The van der Waals surface area contributed by atoms with Crippen LogP contribution in [0.4, 0.5) is 0 Å². The van der Waals surface area contributed by atoms with E-state index in [-0.39, 0.29) is 17.4 Å². The lowest BCUT2D eigenvalue weighted by molar-refractivity contribution is -0.917. The molecule has 0 aromatic heterocycles. The fourth-order valence-corrected chi connectivity index (χ4v) is 5.07. The van der Waals surface area contributed by atoms with E-state index in [1.807, 2.05) is 6.92 Å². The van der Waals surface area contributed by atoms with Crippen LogP contribution in [0, 0.1) is 0 Å². The lowest BCUT2D eigenvalue weighted by Gasteiger charge is -2.31. The Hall–Kier alpha value is -2.49. The molecule has 0 aliphatic carbocycles. The number of hydrogen-bond acceptors (Lipinski definition) is 6. The molecule has 1 saturated heterocycles. The van der Waals surface area contributed by atoms with Crippen molar-refractivity contribution in [3.63, 3.8) is 0 Å². The van der Waals surface area contributed by atoms with Gasteiger partial charge in [0.2, 0.25) is 16.8 Å². The number of nitrogens with one attached hydrogen (secondary N) is 1. The number of phenols is 1. The highest BCUT2D eigenvalue weighted by Crippen LogP contribution is 2.37. The number of quaternary nitrogens is 1. The Morgan fingerprint density at radius 2 is 1.76 bits per heavy atom. The molecule has 0 bridgehead atoms. The molecule has 0 amide bonds. The molecule has 2 aliphatic rings. The summed E-state index contributed by atoms with van der Waals surface area (Å²) in [6.45, 7) is 5.35. The average molecular weight is 421 g/mol. The Labute approximate surface area is 170 Å². The van der Waals surface area contributed by atoms with Crippen molar-refractivity contribution in [2.75, 3.05) is 39.6 Å². The van der Waals surface area contributed by atoms with Crippen molar-refractivity contribution >= 4 is 10.0 Å². The second kappa shape index (κ2) is 8.10. The van der Waals surface area contributed by atoms with E-state index in [1.165, 1.54) is 9.21 Å². The molecule has 2 N–H and O–H groups in total. The fourth-order valence-electron chi connectivity index (χ4n) is 3.63. The zero-order valence-electron chi connectivity index (χ0n) is 16.3. The molecule has 0 spiro atoms. The van der Waals surface area contributed by atoms with E-state index < -0.39 is 10.0 Å². The monoisotopic (exact) mass is 421 g/mol. The van der Waals surface area contributed by atoms with Crippen molar-refractivity contribution in [3.8, 4) is 23.0 Å². The highest BCUT2D eigenvalue weighted by molar-refractivity contribution is 7.89. The zero-order chi connectivity index (χ0) is 20.4. The van der Waals surface area contributed by atoms with Crippen LogP contribution in [0.1, 0.15) is 12.5 Å². The van der Waals surface area contributed by atoms with Gasteiger partial charge < -0.3 is 24.2 Å². The summed E-state index contributed by atoms with van der Waals surface area (Å²) in [5, 5.41) is 10.2. The second-order valence-electron chi connectivity index (χ2n) is 7.07. The normalized spacial score (nSPS) is 17.4. The molecule has 0 radical (unpaired) electrons. The second-order valence-corrected chi connectivity index (χ2v) is 9.01. The maximum absolute atomic E-state index is 12.9. The van der Waals surface area contributed by atoms with Crippen LogP contribution in [0.3, 0.4) is 0 Å². The summed E-state index contributed by atoms with van der Waals surface area (Å²) in [5.74, 6) is 2.01. The van der Waals surface area contributed by atoms with E-state index in [1.54, 1.807) is 36.4 Å². The molecule has 9 heteroatoms. The molecule has 8 nitrogen and oxygen atoms in total. The van der Waals surface area contributed by atoms with Gasteiger partial charge in [-0.15, -0.1) is 0 Å². The van der Waals surface area contributed by atoms with Gasteiger partial charge in [-0.1, -0.05) is 0 Å². The largest absolute Gasteiger partial charge is 0.507 e. The molecule has 2 heterocycles. The van der Waals surface area contributed by atoms with E-state index in [2.05, 4.69) is 0 Å². The van der Waals surface area contributed by atoms with E-state index in [0.717, 1.165) is 5.56 Å². The SMILES string of the molecule is CCOc1ccc(S(=O)(=O)N2CC[NH+](Cc3cc4c(cc3O)OCO4)CC2)cc1. The molecule has 0 saturated carbocycles. The Bertz CT molecular complexity index is 969. The van der Waals surface area contributed by atoms with Gasteiger partial charge in [0.1, 0.15) is 18.0 Å². The molecule has 1 fully saturated rings. The van der Waals surface area contributed by atoms with Gasteiger partial charge in [0.15, 0.2) is 11.5 Å². The first-order valence-electron chi connectivity index (χ1n) is 9.65. The quantitative estimate of drug-likeness (QED) is 0.711. The molecular formula is C20H25N2O6S+. The number of hydrogen-bond donors (Lipinski definition) is 2. The smallest absolute Gasteiger partial charge is 0.243 e. The lowest BCUT2D eigenvalue weighted by atomic mass is 10.1. The van der Waals surface area contributed by atoms with Crippen LogP contribution in [-0.4, -0.2) is 57.4 Å². The number of benzene rings is 2. The van der Waals surface area contributed by atoms with Gasteiger partial charge in [0.25, 0.3) is 0 Å². The average Bonchev–Trinajstić information content (AvgIpc) is 3.16. The predicted molar refractivity (Wildman–Crippen MR) is 105 cm³/mol. The van der Waals surface area contributed by atoms with Gasteiger partial charge in [-0.25, -0.2) is 8.42 Å². The lowest BCUT2D eigenvalue weighted by Crippen LogP contribution is -3.13. The molecular weight excluding hydrogens is 396 g/mol. The molecule has 0 atom stereocenters. The van der Waals surface area contributed by atoms with Crippen LogP contribution < -0.4 is 19.1 Å². The van der Waals surface area contributed by atoms with E-state index in [0.29, 0.717) is 56.6 Å². The number of nitrogens with zero attached hydrogens (tertiary/aromatic N) is 1. The zero-order valence-corrected chi connectivity index (χ0v) is 17.1. The Morgan fingerprint density at radius 3 is 2.41 bits per heavy atom. The summed E-state index contributed by atoms with van der Waals surface area (Å²) in [7, 11) is -3.53. The van der Waals surface area contributed by atoms with Gasteiger partial charge in [-0.2, -0.15) is 4.31 Å². The van der Waals surface area contributed by atoms with Crippen LogP contribution >= 0.6 is 0 Å². The van der Waals surface area contributed by atoms with Crippen molar-refractivity contribution in [1.82, 2.24) is 4.31 Å². The van der Waals surface area contributed by atoms with Crippen molar-refractivity contribution in [1.29, 1.82) is 0 Å². The third kappa shape index (κ3) is 4.12. The maximum Gasteiger partial charge on any atom is 0.243 e. The number of fused-ring (bicyclic) bond motifs is 1. The summed E-state index contributed by atoms with van der Waals surface area (Å²) in [6, 6.07) is 9.91. The first-order valence-corrected chi connectivity index (χ1v) is 11.1. The number of rotatable bonds is 6. The molecule has 0 unspecified atom stereocenters. The van der Waals surface area contributed by atoms with Crippen LogP contribution in [0.15, 0.2) is 41.3 Å². The minimum Gasteiger partial charge on any atom is -0.507 e. The first-order chi connectivity index (χ1) is 14.0. The predicted octanol–water partition coefficient (Wildman–Crippen LogP) is 0.609. The first kappa shape index (κ1) is 19.8. The third-order valence-electron chi connectivity index (χ3n) is 5.22. The van der Waals surface area contributed by atoms with Crippen LogP contribution in [-0.2, 0) is 16.6 Å². The van der Waals surface area contributed by atoms with Gasteiger partial charge >= 0.3 is 0 Å². The number of sulfonamides is 1. The summed E-state index contributed by atoms with van der Waals surface area (Å²) >= 11 is 0. The Balaban J connectivity index is 1.39. The van der Waals surface area contributed by atoms with Gasteiger partial charge in [-0.3, -0.25) is 0 Å². The maximum atomic E-state index is 12.9. The Morgan fingerprint density at radius 1 is 1.10 bits per heavy atom. The number of aromatic hydroxyl groups is 1. The topological polar surface area (TPSA) is 89.7 Å². The fraction of sp³-hybridized carbons (Fsp3) is 0.400. The van der Waals surface area contributed by atoms with Crippen molar-refractivity contribution in [2.45, 2.75) is 18.4 Å². The summed E-state index contributed by atoms with van der Waals surface area (Å²) in [4.78, 5) is 1.48. The van der Waals surface area contributed by atoms with E-state index in [9.17, 15) is 13.5 Å². The molecule has 4 rings (SSSR count). The molecule has 2 aliphatic heterocycles. The number of piperazine rings is 1. The Kier molecular flexibility index (Phi) is 5.53. The van der Waals surface area contributed by atoms with Crippen LogP contribution in [0.25, 0.3) is 0 Å². The standard InChI is InChI=1S/C20H24N2O6S/c1-2-26-16-3-5-17(6-4-16)29(24,25)22-9-7-21(8-10-22)13-15-11-19-20(12-18(15)23)28-14-27-19/h3-6,11-12,23H,2,7-10,13-14H2,1H3/p+1. The highest BCUT2D eigenvalue weighted by Gasteiger charge is 2.31. The van der Waals surface area contributed by atoms with Crippen molar-refractivity contribution < 1.29 is 32.6 Å². The van der Waals surface area contributed by atoms with Crippen LogP contribution in [0.2, 0.25) is 0 Å². The number of phenolic OH excluding ortho intramolecular Hbond substituents is 1. The highest BCUT2D eigenvalue weighted by atomic mass is 32.2. The van der Waals surface area contributed by atoms with Crippen molar-refractivity contribution in [3.05, 3.63) is 42.0 Å². The van der Waals surface area contributed by atoms with E-state index >= 15 is 0 Å². The summed E-state index contributed by atoms with van der Waals surface area (Å²) in [6.07, 6.45) is 0. The van der Waals surface area contributed by atoms with Gasteiger partial charge in [-0.05, 0) is 37.3 Å².